The van der Waals surface area contributed by atoms with E-state index in [1.54, 1.807) is 12.3 Å². The maximum Gasteiger partial charge on any atom is 0.252 e. The van der Waals surface area contributed by atoms with Gasteiger partial charge in [-0.05, 0) is 40.5 Å². The molecule has 1 aromatic heterocycles. The minimum Gasteiger partial charge on any atom is -0.491 e. The summed E-state index contributed by atoms with van der Waals surface area (Å²) < 4.78 is 6.26. The fourth-order valence-corrected chi connectivity index (χ4v) is 2.18. The highest BCUT2D eigenvalue weighted by Gasteiger charge is 2.11. The lowest BCUT2D eigenvalue weighted by Gasteiger charge is -2.14. The zero-order valence-corrected chi connectivity index (χ0v) is 13.7. The van der Waals surface area contributed by atoms with Crippen LogP contribution in [-0.2, 0) is 0 Å². The first kappa shape index (κ1) is 16.5. The summed E-state index contributed by atoms with van der Waals surface area (Å²) in [5, 5.41) is 12.5. The summed E-state index contributed by atoms with van der Waals surface area (Å²) >= 11 is 3.26. The van der Waals surface area contributed by atoms with Crippen molar-refractivity contribution in [3.8, 4) is 5.75 Å². The minimum atomic E-state index is -0.788. The second-order valence-electron chi connectivity index (χ2n) is 4.83. The van der Waals surface area contributed by atoms with Crippen molar-refractivity contribution in [1.82, 2.24) is 10.3 Å². The first-order valence-corrected chi connectivity index (χ1v) is 7.61. The molecule has 0 spiro atoms. The molecular formula is C16H17BrN2O3. The van der Waals surface area contributed by atoms with Crippen LogP contribution in [0.5, 0.6) is 5.75 Å². The quantitative estimate of drug-likeness (QED) is 0.824. The summed E-state index contributed by atoms with van der Waals surface area (Å²) in [4.78, 5) is 15.8. The number of pyridine rings is 1. The molecule has 0 saturated carbocycles. The number of aromatic nitrogens is 1. The van der Waals surface area contributed by atoms with Crippen molar-refractivity contribution in [3.05, 3.63) is 58.3 Å². The number of nitrogens with zero attached hydrogens (tertiary/aromatic N) is 1. The molecule has 0 fully saturated rings. The SMILES string of the molecule is Cc1ccccc1OCC(O)CNC(=O)c1cncc(Br)c1. The number of rotatable bonds is 6. The molecule has 0 bridgehead atoms. The van der Waals surface area contributed by atoms with Gasteiger partial charge in [0.15, 0.2) is 0 Å². The van der Waals surface area contributed by atoms with Gasteiger partial charge in [0.1, 0.15) is 18.5 Å². The maximum atomic E-state index is 11.9. The lowest BCUT2D eigenvalue weighted by molar-refractivity contribution is 0.0842. The molecule has 6 heteroatoms. The summed E-state index contributed by atoms with van der Waals surface area (Å²) in [5.74, 6) is 0.438. The normalized spacial score (nSPS) is 11.8. The lowest BCUT2D eigenvalue weighted by Crippen LogP contribution is -2.35. The smallest absolute Gasteiger partial charge is 0.252 e. The average Bonchev–Trinajstić information content (AvgIpc) is 2.52. The Balaban J connectivity index is 1.79. The Kier molecular flexibility index (Phi) is 5.91. The first-order chi connectivity index (χ1) is 10.6. The largest absolute Gasteiger partial charge is 0.491 e. The van der Waals surface area contributed by atoms with Gasteiger partial charge in [-0.2, -0.15) is 0 Å². The van der Waals surface area contributed by atoms with Crippen molar-refractivity contribution in [2.75, 3.05) is 13.2 Å². The van der Waals surface area contributed by atoms with E-state index in [9.17, 15) is 9.90 Å². The van der Waals surface area contributed by atoms with Crippen LogP contribution in [0.2, 0.25) is 0 Å². The molecule has 0 saturated heterocycles. The van der Waals surface area contributed by atoms with Crippen LogP contribution in [0.15, 0.2) is 47.2 Å². The van der Waals surface area contributed by atoms with Crippen LogP contribution >= 0.6 is 15.9 Å². The molecule has 0 aliphatic heterocycles. The van der Waals surface area contributed by atoms with Gasteiger partial charge in [0.2, 0.25) is 0 Å². The zero-order valence-electron chi connectivity index (χ0n) is 12.1. The molecule has 116 valence electrons. The number of ether oxygens (including phenoxy) is 1. The van der Waals surface area contributed by atoms with Crippen molar-refractivity contribution in [3.63, 3.8) is 0 Å². The number of carbonyl (C=O) groups excluding carboxylic acids is 1. The Bertz CT molecular complexity index is 649. The lowest BCUT2D eigenvalue weighted by atomic mass is 10.2. The molecule has 22 heavy (non-hydrogen) atoms. The Morgan fingerprint density at radius 2 is 2.18 bits per heavy atom. The molecule has 0 aliphatic carbocycles. The number of aryl methyl sites for hydroxylation is 1. The van der Waals surface area contributed by atoms with E-state index >= 15 is 0 Å². The molecule has 0 radical (unpaired) electrons. The Hall–Kier alpha value is -1.92. The number of aliphatic hydroxyl groups is 1. The molecule has 2 rings (SSSR count). The van der Waals surface area contributed by atoms with Crippen LogP contribution in [0, 0.1) is 6.92 Å². The van der Waals surface area contributed by atoms with Gasteiger partial charge < -0.3 is 15.2 Å². The van der Waals surface area contributed by atoms with Crippen molar-refractivity contribution in [2.45, 2.75) is 13.0 Å². The molecular weight excluding hydrogens is 348 g/mol. The van der Waals surface area contributed by atoms with Crippen LogP contribution in [0.1, 0.15) is 15.9 Å². The molecule has 0 aliphatic rings. The summed E-state index contributed by atoms with van der Waals surface area (Å²) in [5.41, 5.74) is 1.43. The van der Waals surface area contributed by atoms with Crippen LogP contribution < -0.4 is 10.1 Å². The second-order valence-corrected chi connectivity index (χ2v) is 5.75. The van der Waals surface area contributed by atoms with Gasteiger partial charge in [0.05, 0.1) is 5.56 Å². The van der Waals surface area contributed by atoms with Gasteiger partial charge in [-0.25, -0.2) is 0 Å². The van der Waals surface area contributed by atoms with E-state index in [-0.39, 0.29) is 19.1 Å². The number of hydrogen-bond donors (Lipinski definition) is 2. The third kappa shape index (κ3) is 4.82. The Morgan fingerprint density at radius 3 is 2.91 bits per heavy atom. The van der Waals surface area contributed by atoms with E-state index in [0.29, 0.717) is 5.56 Å². The standard InChI is InChI=1S/C16H17BrN2O3/c1-11-4-2-3-5-15(11)22-10-14(20)9-19-16(21)12-6-13(17)8-18-7-12/h2-8,14,20H,9-10H2,1H3,(H,19,21). The highest BCUT2D eigenvalue weighted by Crippen LogP contribution is 2.16. The molecule has 1 aromatic carbocycles. The minimum absolute atomic E-state index is 0.108. The molecule has 1 heterocycles. The van der Waals surface area contributed by atoms with Gasteiger partial charge in [0.25, 0.3) is 5.91 Å². The van der Waals surface area contributed by atoms with Crippen molar-refractivity contribution in [2.24, 2.45) is 0 Å². The number of nitrogens with one attached hydrogen (secondary N) is 1. The molecule has 5 nitrogen and oxygen atoms in total. The fraction of sp³-hybridized carbons (Fsp3) is 0.250. The second kappa shape index (κ2) is 7.91. The monoisotopic (exact) mass is 364 g/mol. The molecule has 2 N–H and O–H groups in total. The number of hydrogen-bond acceptors (Lipinski definition) is 4. The number of carbonyl (C=O) groups is 1. The van der Waals surface area contributed by atoms with Gasteiger partial charge in [0, 0.05) is 23.4 Å². The summed E-state index contributed by atoms with van der Waals surface area (Å²) in [6.45, 7) is 2.16. The third-order valence-corrected chi connectivity index (χ3v) is 3.42. The van der Waals surface area contributed by atoms with Crippen LogP contribution in [0.3, 0.4) is 0 Å². The number of halogens is 1. The summed E-state index contributed by atoms with van der Waals surface area (Å²) in [7, 11) is 0. The fourth-order valence-electron chi connectivity index (χ4n) is 1.81. The number of benzene rings is 1. The Labute approximate surface area is 137 Å². The third-order valence-electron chi connectivity index (χ3n) is 2.99. The summed E-state index contributed by atoms with van der Waals surface area (Å²) in [6, 6.07) is 9.23. The zero-order chi connectivity index (χ0) is 15.9. The van der Waals surface area contributed by atoms with E-state index in [0.717, 1.165) is 15.8 Å². The number of aliphatic hydroxyl groups excluding tert-OH is 1. The topological polar surface area (TPSA) is 71.5 Å². The molecule has 1 atom stereocenters. The van der Waals surface area contributed by atoms with Gasteiger partial charge in [-0.1, -0.05) is 18.2 Å². The van der Waals surface area contributed by atoms with Crippen LogP contribution in [0.4, 0.5) is 0 Å². The van der Waals surface area contributed by atoms with Crippen LogP contribution in [-0.4, -0.2) is 35.3 Å². The Morgan fingerprint density at radius 1 is 1.41 bits per heavy atom. The predicted molar refractivity (Wildman–Crippen MR) is 87.0 cm³/mol. The predicted octanol–water partition coefficient (Wildman–Crippen LogP) is 2.32. The summed E-state index contributed by atoms with van der Waals surface area (Å²) in [6.07, 6.45) is 2.28. The highest BCUT2D eigenvalue weighted by molar-refractivity contribution is 9.10. The van der Waals surface area contributed by atoms with Gasteiger partial charge in [-0.15, -0.1) is 0 Å². The highest BCUT2D eigenvalue weighted by atomic mass is 79.9. The first-order valence-electron chi connectivity index (χ1n) is 6.81. The molecule has 2 aromatic rings. The van der Waals surface area contributed by atoms with E-state index in [1.165, 1.54) is 6.20 Å². The maximum absolute atomic E-state index is 11.9. The number of amides is 1. The van der Waals surface area contributed by atoms with Crippen molar-refractivity contribution < 1.29 is 14.6 Å². The van der Waals surface area contributed by atoms with Gasteiger partial charge >= 0.3 is 0 Å². The van der Waals surface area contributed by atoms with Crippen molar-refractivity contribution in [1.29, 1.82) is 0 Å². The van der Waals surface area contributed by atoms with E-state index < -0.39 is 6.10 Å². The molecule has 1 amide bonds. The van der Waals surface area contributed by atoms with E-state index in [2.05, 4.69) is 26.2 Å². The van der Waals surface area contributed by atoms with Crippen LogP contribution in [0.25, 0.3) is 0 Å². The van der Waals surface area contributed by atoms with E-state index in [4.69, 9.17) is 4.74 Å². The van der Waals surface area contributed by atoms with E-state index in [1.807, 2.05) is 31.2 Å². The van der Waals surface area contributed by atoms with Crippen molar-refractivity contribution >= 4 is 21.8 Å². The van der Waals surface area contributed by atoms with Gasteiger partial charge in [-0.3, -0.25) is 9.78 Å². The average molecular weight is 365 g/mol. The molecule has 1 unspecified atom stereocenters. The number of para-hydroxylation sites is 1.